The smallest absolute Gasteiger partial charge is 0.0546 e. The molecule has 1 heterocycles. The Morgan fingerprint density at radius 1 is 0.375 bits per heavy atom. The topological polar surface area (TPSA) is 3.24 Å². The van der Waals surface area contributed by atoms with Crippen LogP contribution in [0.2, 0.25) is 0 Å². The molecule has 10 aromatic carbocycles. The molecule has 1 aliphatic rings. The minimum atomic E-state index is 0.571. The molecule has 0 aliphatic heterocycles. The number of benzene rings is 10. The van der Waals surface area contributed by atoms with Gasteiger partial charge in [0.25, 0.3) is 0 Å². The van der Waals surface area contributed by atoms with Crippen LogP contribution in [-0.2, 0) is 0 Å². The second-order valence-corrected chi connectivity index (χ2v) is 18.4. The maximum absolute atomic E-state index is 2.54. The van der Waals surface area contributed by atoms with Gasteiger partial charge in [-0.1, -0.05) is 207 Å². The lowest BCUT2D eigenvalue weighted by Gasteiger charge is -2.31. The summed E-state index contributed by atoms with van der Waals surface area (Å²) < 4.78 is 2.65. The van der Waals surface area contributed by atoms with Crippen LogP contribution in [0.5, 0.6) is 0 Å². The van der Waals surface area contributed by atoms with E-state index >= 15 is 0 Å². The number of thiophene rings is 1. The van der Waals surface area contributed by atoms with Gasteiger partial charge in [0.1, 0.15) is 0 Å². The van der Waals surface area contributed by atoms with Crippen LogP contribution < -0.4 is 4.90 Å². The van der Waals surface area contributed by atoms with E-state index in [-0.39, 0.29) is 0 Å². The van der Waals surface area contributed by atoms with Crippen molar-refractivity contribution in [3.63, 3.8) is 0 Å². The number of hydrogen-bond acceptors (Lipinski definition) is 2. The molecule has 0 N–H and O–H groups in total. The first kappa shape index (κ1) is 38.4. The number of rotatable bonds is 8. The summed E-state index contributed by atoms with van der Waals surface area (Å²) in [6.07, 6.45) is 6.45. The van der Waals surface area contributed by atoms with Crippen molar-refractivity contribution in [1.29, 1.82) is 0 Å². The quantitative estimate of drug-likeness (QED) is 0.147. The van der Waals surface area contributed by atoms with E-state index in [0.29, 0.717) is 5.92 Å². The van der Waals surface area contributed by atoms with Crippen molar-refractivity contribution >= 4 is 70.1 Å². The van der Waals surface area contributed by atoms with Crippen LogP contribution in [0, 0.1) is 0 Å². The second-order valence-electron chi connectivity index (χ2n) is 17.4. The van der Waals surface area contributed by atoms with Gasteiger partial charge in [0.05, 0.1) is 11.4 Å². The van der Waals surface area contributed by atoms with Gasteiger partial charge in [-0.15, -0.1) is 11.3 Å². The van der Waals surface area contributed by atoms with Gasteiger partial charge < -0.3 is 4.90 Å². The molecule has 64 heavy (non-hydrogen) atoms. The summed E-state index contributed by atoms with van der Waals surface area (Å²) in [7, 11) is 0. The van der Waals surface area contributed by atoms with E-state index in [0.717, 1.165) is 17.1 Å². The molecule has 12 rings (SSSR count). The zero-order chi connectivity index (χ0) is 42.4. The molecule has 1 nitrogen and oxygen atoms in total. The Morgan fingerprint density at radius 2 is 0.984 bits per heavy atom. The van der Waals surface area contributed by atoms with E-state index in [1.54, 1.807) is 0 Å². The first-order valence-corrected chi connectivity index (χ1v) is 23.7. The highest BCUT2D eigenvalue weighted by Crippen LogP contribution is 2.49. The largest absolute Gasteiger partial charge is 0.309 e. The molecule has 0 atom stereocenters. The van der Waals surface area contributed by atoms with Crippen molar-refractivity contribution in [3.05, 3.63) is 224 Å². The van der Waals surface area contributed by atoms with Crippen LogP contribution in [-0.4, -0.2) is 0 Å². The molecule has 2 heteroatoms. The Hall–Kier alpha value is -7.26. The minimum Gasteiger partial charge on any atom is -0.309 e. The van der Waals surface area contributed by atoms with Crippen molar-refractivity contribution < 1.29 is 0 Å². The third-order valence-corrected chi connectivity index (χ3v) is 14.9. The lowest BCUT2D eigenvalue weighted by Crippen LogP contribution is -2.13. The van der Waals surface area contributed by atoms with Gasteiger partial charge in [-0.05, 0) is 110 Å². The van der Waals surface area contributed by atoms with Crippen LogP contribution in [0.3, 0.4) is 0 Å². The average molecular weight is 838 g/mol. The molecule has 0 spiro atoms. The van der Waals surface area contributed by atoms with Gasteiger partial charge in [0.2, 0.25) is 0 Å². The Labute approximate surface area is 379 Å². The molecule has 1 aliphatic carbocycles. The minimum absolute atomic E-state index is 0.571. The summed E-state index contributed by atoms with van der Waals surface area (Å²) in [5.41, 5.74) is 14.7. The summed E-state index contributed by atoms with van der Waals surface area (Å²) in [6, 6.07) is 81.4. The van der Waals surface area contributed by atoms with Crippen molar-refractivity contribution in [3.8, 4) is 44.5 Å². The van der Waals surface area contributed by atoms with Gasteiger partial charge in [-0.25, -0.2) is 0 Å². The predicted octanol–water partition coefficient (Wildman–Crippen LogP) is 18.5. The molecule has 0 bridgehead atoms. The summed E-state index contributed by atoms with van der Waals surface area (Å²) in [6.45, 7) is 0. The number of anilines is 3. The highest BCUT2D eigenvalue weighted by molar-refractivity contribution is 7.26. The van der Waals surface area contributed by atoms with E-state index in [2.05, 4.69) is 223 Å². The SMILES string of the molecule is c1ccc(-c2ccc(-c3cccc4ccccc34)cc2N(c2ccc(-c3cccc4c3sc3ccccc34)cc2)c2ccccc2-c2cccc3cccc(C4CCCCC4)c23)cc1. The standard InChI is InChI=1S/C62H47NS/c1-3-17-43(18-4-1)51-40-37-47(50-28-13-22-42-21-7-8-25-49(42)50)41-59(51)63(48-38-35-45(36-39-48)53-30-16-32-57-55-27-10-12-34-60(55)64-62(53)57)58-33-11-9-26-54(58)56-31-15-24-46-23-14-29-52(61(46)56)44-19-5-2-6-20-44/h1,3-4,7-18,21-41,44H,2,5-6,19-20H2. The van der Waals surface area contributed by atoms with E-state index < -0.39 is 0 Å². The van der Waals surface area contributed by atoms with Gasteiger partial charge in [0, 0.05) is 37.0 Å². The predicted molar refractivity (Wildman–Crippen MR) is 277 cm³/mol. The fraction of sp³-hybridized carbons (Fsp3) is 0.0968. The van der Waals surface area contributed by atoms with Gasteiger partial charge in [-0.2, -0.15) is 0 Å². The molecule has 11 aromatic rings. The number of para-hydroxylation sites is 1. The lowest BCUT2D eigenvalue weighted by atomic mass is 9.80. The van der Waals surface area contributed by atoms with E-state index in [1.165, 1.54) is 124 Å². The third kappa shape index (κ3) is 6.78. The van der Waals surface area contributed by atoms with Crippen LogP contribution >= 0.6 is 11.3 Å². The van der Waals surface area contributed by atoms with Crippen molar-refractivity contribution in [2.75, 3.05) is 4.90 Å². The Morgan fingerprint density at radius 3 is 1.84 bits per heavy atom. The maximum Gasteiger partial charge on any atom is 0.0546 e. The number of fused-ring (bicyclic) bond motifs is 5. The Balaban J connectivity index is 1.11. The molecule has 306 valence electrons. The summed E-state index contributed by atoms with van der Waals surface area (Å²) in [5, 5.41) is 7.83. The third-order valence-electron chi connectivity index (χ3n) is 13.7. The molecule has 0 unspecified atom stereocenters. The van der Waals surface area contributed by atoms with Crippen molar-refractivity contribution in [2.45, 2.75) is 38.0 Å². The number of nitrogens with zero attached hydrogens (tertiary/aromatic N) is 1. The Bertz CT molecular complexity index is 3470. The van der Waals surface area contributed by atoms with Gasteiger partial charge >= 0.3 is 0 Å². The van der Waals surface area contributed by atoms with Crippen LogP contribution in [0.15, 0.2) is 218 Å². The fourth-order valence-corrected chi connectivity index (χ4v) is 11.9. The Kier molecular flexibility index (Phi) is 9.88. The molecule has 1 aromatic heterocycles. The molecule has 0 saturated heterocycles. The van der Waals surface area contributed by atoms with Crippen LogP contribution in [0.1, 0.15) is 43.6 Å². The zero-order valence-electron chi connectivity index (χ0n) is 35.8. The molecule has 1 saturated carbocycles. The van der Waals surface area contributed by atoms with Crippen LogP contribution in [0.4, 0.5) is 17.1 Å². The molecular weight excluding hydrogens is 791 g/mol. The highest BCUT2D eigenvalue weighted by atomic mass is 32.1. The molecule has 1 fully saturated rings. The normalized spacial score (nSPS) is 13.2. The molecule has 0 radical (unpaired) electrons. The van der Waals surface area contributed by atoms with Crippen molar-refractivity contribution in [2.24, 2.45) is 0 Å². The highest BCUT2D eigenvalue weighted by Gasteiger charge is 2.25. The summed E-state index contributed by atoms with van der Waals surface area (Å²) in [4.78, 5) is 2.54. The zero-order valence-corrected chi connectivity index (χ0v) is 36.6. The fourth-order valence-electron chi connectivity index (χ4n) is 10.6. The first-order valence-electron chi connectivity index (χ1n) is 22.9. The van der Waals surface area contributed by atoms with Crippen LogP contribution in [0.25, 0.3) is 86.2 Å². The second kappa shape index (κ2) is 16.5. The van der Waals surface area contributed by atoms with Gasteiger partial charge in [0.15, 0.2) is 0 Å². The molecular formula is C62H47NS. The van der Waals surface area contributed by atoms with Crippen molar-refractivity contribution in [1.82, 2.24) is 0 Å². The summed E-state index contributed by atoms with van der Waals surface area (Å²) in [5.74, 6) is 0.571. The molecule has 0 amide bonds. The van der Waals surface area contributed by atoms with Gasteiger partial charge in [-0.3, -0.25) is 0 Å². The monoisotopic (exact) mass is 837 g/mol. The lowest BCUT2D eigenvalue weighted by molar-refractivity contribution is 0.445. The average Bonchev–Trinajstić information content (AvgIpc) is 3.76. The van der Waals surface area contributed by atoms with E-state index in [1.807, 2.05) is 11.3 Å². The number of hydrogen-bond donors (Lipinski definition) is 0. The van der Waals surface area contributed by atoms with E-state index in [9.17, 15) is 0 Å². The first-order chi connectivity index (χ1) is 31.8. The maximum atomic E-state index is 2.54. The van der Waals surface area contributed by atoms with E-state index in [4.69, 9.17) is 0 Å². The summed E-state index contributed by atoms with van der Waals surface area (Å²) >= 11 is 1.89.